The molecule has 2 saturated heterocycles. The average molecular weight is 197 g/mol. The third-order valence-corrected chi connectivity index (χ3v) is 3.72. The molecule has 0 spiro atoms. The zero-order valence-corrected chi connectivity index (χ0v) is 9.03. The van der Waals surface area contributed by atoms with Crippen molar-refractivity contribution in [2.45, 2.75) is 44.7 Å². The first-order valence-corrected chi connectivity index (χ1v) is 5.61. The molecule has 2 bridgehead atoms. The summed E-state index contributed by atoms with van der Waals surface area (Å²) in [6.07, 6.45) is 4.53. The Kier molecular flexibility index (Phi) is 2.77. The van der Waals surface area contributed by atoms with Crippen molar-refractivity contribution in [3.8, 4) is 0 Å². The van der Waals surface area contributed by atoms with E-state index in [1.165, 1.54) is 12.8 Å². The van der Waals surface area contributed by atoms with Crippen LogP contribution in [-0.4, -0.2) is 36.6 Å². The highest BCUT2D eigenvalue weighted by Crippen LogP contribution is 2.37. The molecule has 0 aliphatic carbocycles. The van der Waals surface area contributed by atoms with E-state index in [4.69, 9.17) is 4.74 Å². The smallest absolute Gasteiger partial charge is 0.309 e. The minimum Gasteiger partial charge on any atom is -0.466 e. The Hall–Kier alpha value is -0.570. The third-order valence-electron chi connectivity index (χ3n) is 3.72. The first-order valence-electron chi connectivity index (χ1n) is 5.61. The zero-order chi connectivity index (χ0) is 10.1. The van der Waals surface area contributed by atoms with Crippen molar-refractivity contribution in [3.63, 3.8) is 0 Å². The molecular formula is C11H19NO2. The van der Waals surface area contributed by atoms with Crippen LogP contribution in [0.4, 0.5) is 0 Å². The Balaban J connectivity index is 1.95. The summed E-state index contributed by atoms with van der Waals surface area (Å²) in [6.45, 7) is 2.39. The molecule has 2 rings (SSSR count). The summed E-state index contributed by atoms with van der Waals surface area (Å²) in [5, 5.41) is 0. The summed E-state index contributed by atoms with van der Waals surface area (Å²) in [5.41, 5.74) is 0. The molecule has 3 nitrogen and oxygen atoms in total. The lowest BCUT2D eigenvalue weighted by Crippen LogP contribution is -2.42. The van der Waals surface area contributed by atoms with Crippen LogP contribution >= 0.6 is 0 Å². The summed E-state index contributed by atoms with van der Waals surface area (Å²) >= 11 is 0. The predicted molar refractivity (Wildman–Crippen MR) is 53.9 cm³/mol. The fraction of sp³-hybridized carbons (Fsp3) is 0.909. The van der Waals surface area contributed by atoms with Gasteiger partial charge < -0.3 is 9.64 Å². The van der Waals surface area contributed by atoms with Crippen molar-refractivity contribution in [1.29, 1.82) is 0 Å². The number of carbonyl (C=O) groups excluding carboxylic acids is 1. The Morgan fingerprint density at radius 3 is 2.43 bits per heavy atom. The van der Waals surface area contributed by atoms with Crippen molar-refractivity contribution in [2.75, 3.05) is 13.7 Å². The maximum atomic E-state index is 11.6. The molecule has 0 N–H and O–H groups in total. The summed E-state index contributed by atoms with van der Waals surface area (Å²) in [7, 11) is 2.18. The number of hydrogen-bond acceptors (Lipinski definition) is 3. The van der Waals surface area contributed by atoms with Gasteiger partial charge in [-0.1, -0.05) is 0 Å². The van der Waals surface area contributed by atoms with Crippen LogP contribution in [0.3, 0.4) is 0 Å². The fourth-order valence-corrected chi connectivity index (χ4v) is 2.86. The fourth-order valence-electron chi connectivity index (χ4n) is 2.86. The van der Waals surface area contributed by atoms with Gasteiger partial charge in [0.25, 0.3) is 0 Å². The van der Waals surface area contributed by atoms with Crippen LogP contribution < -0.4 is 0 Å². The second-order valence-corrected chi connectivity index (χ2v) is 4.47. The Bertz CT molecular complexity index is 215. The van der Waals surface area contributed by atoms with E-state index in [0.29, 0.717) is 18.7 Å². The van der Waals surface area contributed by atoms with Gasteiger partial charge in [-0.25, -0.2) is 0 Å². The summed E-state index contributed by atoms with van der Waals surface area (Å²) < 4.78 is 5.08. The van der Waals surface area contributed by atoms with Crippen molar-refractivity contribution in [3.05, 3.63) is 0 Å². The highest BCUT2D eigenvalue weighted by Gasteiger charge is 2.41. The van der Waals surface area contributed by atoms with Crippen LogP contribution in [0.2, 0.25) is 0 Å². The van der Waals surface area contributed by atoms with E-state index in [1.807, 2.05) is 6.92 Å². The van der Waals surface area contributed by atoms with E-state index in [1.54, 1.807) is 0 Å². The van der Waals surface area contributed by atoms with Crippen molar-refractivity contribution in [2.24, 2.45) is 5.92 Å². The van der Waals surface area contributed by atoms with E-state index >= 15 is 0 Å². The van der Waals surface area contributed by atoms with Gasteiger partial charge in [-0.15, -0.1) is 0 Å². The molecule has 2 aliphatic rings. The number of fused-ring (bicyclic) bond motifs is 2. The largest absolute Gasteiger partial charge is 0.466 e. The van der Waals surface area contributed by atoms with E-state index in [0.717, 1.165) is 12.8 Å². The second kappa shape index (κ2) is 3.89. The first-order chi connectivity index (χ1) is 6.72. The standard InChI is InChI=1S/C11H19NO2/c1-3-14-11(13)8-6-9-4-5-10(7-8)12(9)2/h8-10H,3-7H2,1-2H3/t8?,9-,10+. The normalized spacial score (nSPS) is 37.1. The minimum absolute atomic E-state index is 0.0255. The van der Waals surface area contributed by atoms with Gasteiger partial charge >= 0.3 is 5.97 Å². The van der Waals surface area contributed by atoms with Gasteiger partial charge in [0.05, 0.1) is 12.5 Å². The number of ether oxygens (including phenoxy) is 1. The van der Waals surface area contributed by atoms with Crippen molar-refractivity contribution in [1.82, 2.24) is 4.90 Å². The zero-order valence-electron chi connectivity index (χ0n) is 9.03. The second-order valence-electron chi connectivity index (χ2n) is 4.47. The monoisotopic (exact) mass is 197 g/mol. The lowest BCUT2D eigenvalue weighted by molar-refractivity contribution is -0.150. The molecule has 0 radical (unpaired) electrons. The van der Waals surface area contributed by atoms with E-state index in [2.05, 4.69) is 11.9 Å². The van der Waals surface area contributed by atoms with Crippen molar-refractivity contribution < 1.29 is 9.53 Å². The number of carbonyl (C=O) groups is 1. The molecule has 0 aromatic carbocycles. The summed E-state index contributed by atoms with van der Waals surface area (Å²) in [6, 6.07) is 1.26. The SMILES string of the molecule is CCOC(=O)C1C[C@H]2CC[C@@H](C1)N2C. The molecule has 2 aliphatic heterocycles. The number of piperidine rings is 1. The number of hydrogen-bond donors (Lipinski definition) is 0. The van der Waals surface area contributed by atoms with E-state index in [-0.39, 0.29) is 11.9 Å². The molecule has 0 aromatic heterocycles. The molecule has 80 valence electrons. The number of esters is 1. The lowest BCUT2D eigenvalue weighted by atomic mass is 9.91. The molecule has 14 heavy (non-hydrogen) atoms. The molecular weight excluding hydrogens is 178 g/mol. The average Bonchev–Trinajstić information content (AvgIpc) is 2.42. The lowest BCUT2D eigenvalue weighted by Gasteiger charge is -2.35. The summed E-state index contributed by atoms with van der Waals surface area (Å²) in [4.78, 5) is 14.0. The van der Waals surface area contributed by atoms with Crippen molar-refractivity contribution >= 4 is 5.97 Å². The molecule has 2 fully saturated rings. The quantitative estimate of drug-likeness (QED) is 0.627. The Morgan fingerprint density at radius 2 is 1.93 bits per heavy atom. The maximum Gasteiger partial charge on any atom is 0.309 e. The molecule has 3 heteroatoms. The van der Waals surface area contributed by atoms with Gasteiger partial charge in [-0.05, 0) is 39.7 Å². The van der Waals surface area contributed by atoms with Crippen LogP contribution in [0, 0.1) is 5.92 Å². The van der Waals surface area contributed by atoms with Crippen LogP contribution in [0.1, 0.15) is 32.6 Å². The van der Waals surface area contributed by atoms with Crippen LogP contribution in [0.5, 0.6) is 0 Å². The van der Waals surface area contributed by atoms with Crippen LogP contribution in [-0.2, 0) is 9.53 Å². The van der Waals surface area contributed by atoms with E-state index in [9.17, 15) is 4.79 Å². The first kappa shape index (κ1) is 9.97. The molecule has 1 unspecified atom stereocenters. The highest BCUT2D eigenvalue weighted by atomic mass is 16.5. The summed E-state index contributed by atoms with van der Waals surface area (Å²) in [5.74, 6) is 0.196. The van der Waals surface area contributed by atoms with Gasteiger partial charge in [-0.2, -0.15) is 0 Å². The number of nitrogens with zero attached hydrogens (tertiary/aromatic N) is 1. The van der Waals surface area contributed by atoms with Gasteiger partial charge in [0.15, 0.2) is 0 Å². The topological polar surface area (TPSA) is 29.5 Å². The van der Waals surface area contributed by atoms with Crippen LogP contribution in [0.25, 0.3) is 0 Å². The Labute approximate surface area is 85.4 Å². The maximum absolute atomic E-state index is 11.6. The predicted octanol–water partition coefficient (Wildman–Crippen LogP) is 1.42. The Morgan fingerprint density at radius 1 is 1.36 bits per heavy atom. The van der Waals surface area contributed by atoms with Gasteiger partial charge in [0.2, 0.25) is 0 Å². The van der Waals surface area contributed by atoms with Gasteiger partial charge in [0.1, 0.15) is 0 Å². The molecule has 0 amide bonds. The highest BCUT2D eigenvalue weighted by molar-refractivity contribution is 5.72. The number of rotatable bonds is 2. The molecule has 2 heterocycles. The van der Waals surface area contributed by atoms with Gasteiger partial charge in [-0.3, -0.25) is 4.79 Å². The third kappa shape index (κ3) is 1.65. The van der Waals surface area contributed by atoms with E-state index < -0.39 is 0 Å². The van der Waals surface area contributed by atoms with Crippen LogP contribution in [0.15, 0.2) is 0 Å². The van der Waals surface area contributed by atoms with Gasteiger partial charge in [0, 0.05) is 12.1 Å². The molecule has 3 atom stereocenters. The molecule has 0 aromatic rings. The minimum atomic E-state index is 0.0255. The molecule has 0 saturated carbocycles.